The van der Waals surface area contributed by atoms with E-state index in [2.05, 4.69) is 32.3 Å². The Bertz CT molecular complexity index is 1080. The molecule has 3 aromatic rings. The van der Waals surface area contributed by atoms with Crippen molar-refractivity contribution in [3.05, 3.63) is 47.0 Å². The summed E-state index contributed by atoms with van der Waals surface area (Å²) in [6.45, 7) is 6.43. The van der Waals surface area contributed by atoms with E-state index in [1.54, 1.807) is 27.0 Å². The van der Waals surface area contributed by atoms with Gasteiger partial charge in [-0.1, -0.05) is 12.1 Å². The van der Waals surface area contributed by atoms with Gasteiger partial charge in [0.25, 0.3) is 5.56 Å². The molecule has 1 aromatic carbocycles. The van der Waals surface area contributed by atoms with Gasteiger partial charge >= 0.3 is 0 Å². The number of hydrogen-bond acceptors (Lipinski definition) is 7. The number of fused-ring (bicyclic) bond motifs is 1. The summed E-state index contributed by atoms with van der Waals surface area (Å²) < 4.78 is 6.81. The van der Waals surface area contributed by atoms with E-state index in [1.165, 1.54) is 10.9 Å². The van der Waals surface area contributed by atoms with Crippen molar-refractivity contribution in [1.29, 1.82) is 0 Å². The van der Waals surface area contributed by atoms with Crippen molar-refractivity contribution in [1.82, 2.24) is 14.5 Å². The number of nitrogens with one attached hydrogen (secondary N) is 1. The number of rotatable bonds is 4. The first-order valence-electron chi connectivity index (χ1n) is 9.62. The third-order valence-electron chi connectivity index (χ3n) is 4.87. The van der Waals surface area contributed by atoms with Crippen LogP contribution in [0.5, 0.6) is 0 Å². The van der Waals surface area contributed by atoms with Crippen LogP contribution in [0.3, 0.4) is 0 Å². The Morgan fingerprint density at radius 3 is 2.52 bits per heavy atom. The number of morpholine rings is 1. The standard InChI is InChI=1S/C21H25N5O3/c1-21(2,28)24-19-18-17(22-13-25(3)20(18)27)12-16(23-19)14-4-6-15(7-5-14)26-8-10-29-11-9-26/h4-7,12-13,28H,8-11H2,1-3H3,(H,23,24). The van der Waals surface area contributed by atoms with E-state index in [0.717, 1.165) is 37.6 Å². The van der Waals surface area contributed by atoms with Crippen LogP contribution in [-0.4, -0.2) is 51.7 Å². The first kappa shape index (κ1) is 19.4. The Morgan fingerprint density at radius 2 is 1.86 bits per heavy atom. The molecule has 0 aliphatic carbocycles. The van der Waals surface area contributed by atoms with E-state index in [-0.39, 0.29) is 5.56 Å². The second-order valence-corrected chi connectivity index (χ2v) is 7.74. The van der Waals surface area contributed by atoms with Crippen LogP contribution in [0.15, 0.2) is 41.5 Å². The monoisotopic (exact) mass is 395 g/mol. The van der Waals surface area contributed by atoms with Crippen LogP contribution < -0.4 is 15.8 Å². The van der Waals surface area contributed by atoms with Gasteiger partial charge in [0.1, 0.15) is 16.9 Å². The van der Waals surface area contributed by atoms with E-state index in [1.807, 2.05) is 12.1 Å². The number of pyridine rings is 1. The van der Waals surface area contributed by atoms with E-state index in [4.69, 9.17) is 4.74 Å². The first-order chi connectivity index (χ1) is 13.8. The van der Waals surface area contributed by atoms with Gasteiger partial charge in [0.2, 0.25) is 0 Å². The zero-order valence-electron chi connectivity index (χ0n) is 16.8. The number of aryl methyl sites for hydroxylation is 1. The summed E-state index contributed by atoms with van der Waals surface area (Å²) in [5, 5.41) is 13.5. The fraction of sp³-hybridized carbons (Fsp3) is 0.381. The molecular formula is C21H25N5O3. The number of anilines is 2. The van der Waals surface area contributed by atoms with Gasteiger partial charge in [-0.2, -0.15) is 0 Å². The number of benzene rings is 1. The number of hydrogen-bond donors (Lipinski definition) is 2. The normalized spacial score (nSPS) is 15.0. The highest BCUT2D eigenvalue weighted by Crippen LogP contribution is 2.28. The smallest absolute Gasteiger partial charge is 0.264 e. The highest BCUT2D eigenvalue weighted by Gasteiger charge is 2.19. The maximum absolute atomic E-state index is 12.6. The molecule has 8 nitrogen and oxygen atoms in total. The van der Waals surface area contributed by atoms with E-state index in [9.17, 15) is 9.90 Å². The molecule has 0 atom stereocenters. The summed E-state index contributed by atoms with van der Waals surface area (Å²) >= 11 is 0. The minimum Gasteiger partial charge on any atom is -0.378 e. The molecule has 8 heteroatoms. The first-order valence-corrected chi connectivity index (χ1v) is 9.62. The van der Waals surface area contributed by atoms with Gasteiger partial charge in [-0.15, -0.1) is 0 Å². The second kappa shape index (κ2) is 7.46. The average Bonchev–Trinajstić information content (AvgIpc) is 2.70. The predicted molar refractivity (Wildman–Crippen MR) is 113 cm³/mol. The molecule has 2 N–H and O–H groups in total. The van der Waals surface area contributed by atoms with Crippen LogP contribution in [0, 0.1) is 0 Å². The molecule has 4 rings (SSSR count). The predicted octanol–water partition coefficient (Wildman–Crippen LogP) is 1.97. The molecule has 1 aliphatic heterocycles. The van der Waals surface area contributed by atoms with Crippen molar-refractivity contribution in [2.24, 2.45) is 7.05 Å². The Kier molecular flexibility index (Phi) is 4.97. The Hall–Kier alpha value is -2.97. The fourth-order valence-electron chi connectivity index (χ4n) is 3.41. The SMILES string of the molecule is Cn1cnc2cc(-c3ccc(N4CCOCC4)cc3)nc(NC(C)(C)O)c2c1=O. The number of ether oxygens (including phenoxy) is 1. The molecule has 0 bridgehead atoms. The summed E-state index contributed by atoms with van der Waals surface area (Å²) in [6, 6.07) is 9.94. The Labute approximate surface area is 168 Å². The van der Waals surface area contributed by atoms with Crippen molar-refractivity contribution in [3.63, 3.8) is 0 Å². The molecule has 0 radical (unpaired) electrons. The lowest BCUT2D eigenvalue weighted by atomic mass is 10.1. The largest absolute Gasteiger partial charge is 0.378 e. The molecule has 29 heavy (non-hydrogen) atoms. The maximum Gasteiger partial charge on any atom is 0.264 e. The molecule has 2 aromatic heterocycles. The third-order valence-corrected chi connectivity index (χ3v) is 4.87. The van der Waals surface area contributed by atoms with Crippen LogP contribution >= 0.6 is 0 Å². The molecule has 0 amide bonds. The van der Waals surface area contributed by atoms with Crippen LogP contribution in [0.4, 0.5) is 11.5 Å². The fourth-order valence-corrected chi connectivity index (χ4v) is 3.41. The van der Waals surface area contributed by atoms with Gasteiger partial charge in [0, 0.05) is 31.4 Å². The lowest BCUT2D eigenvalue weighted by Gasteiger charge is -2.28. The van der Waals surface area contributed by atoms with Crippen LogP contribution in [0.1, 0.15) is 13.8 Å². The van der Waals surface area contributed by atoms with Gasteiger partial charge < -0.3 is 24.6 Å². The van der Waals surface area contributed by atoms with Gasteiger partial charge in [-0.3, -0.25) is 4.79 Å². The number of aliphatic hydroxyl groups is 1. The quantitative estimate of drug-likeness (QED) is 0.653. The minimum absolute atomic E-state index is 0.219. The summed E-state index contributed by atoms with van der Waals surface area (Å²) in [5.74, 6) is 0.316. The van der Waals surface area contributed by atoms with Crippen LogP contribution in [-0.2, 0) is 11.8 Å². The van der Waals surface area contributed by atoms with Crippen molar-refractivity contribution >= 4 is 22.4 Å². The molecule has 1 saturated heterocycles. The minimum atomic E-state index is -1.24. The molecule has 0 saturated carbocycles. The molecule has 1 fully saturated rings. The van der Waals surface area contributed by atoms with E-state index < -0.39 is 5.72 Å². The van der Waals surface area contributed by atoms with Crippen molar-refractivity contribution in [2.75, 3.05) is 36.5 Å². The van der Waals surface area contributed by atoms with Gasteiger partial charge in [0.15, 0.2) is 0 Å². The highest BCUT2D eigenvalue weighted by atomic mass is 16.5. The van der Waals surface area contributed by atoms with E-state index in [0.29, 0.717) is 22.4 Å². The number of aromatic nitrogens is 3. The van der Waals surface area contributed by atoms with Gasteiger partial charge in [-0.05, 0) is 32.0 Å². The molecule has 152 valence electrons. The van der Waals surface area contributed by atoms with Crippen LogP contribution in [0.25, 0.3) is 22.2 Å². The Morgan fingerprint density at radius 1 is 1.17 bits per heavy atom. The topological polar surface area (TPSA) is 92.5 Å². The summed E-state index contributed by atoms with van der Waals surface area (Å²) in [6.07, 6.45) is 1.49. The lowest BCUT2D eigenvalue weighted by molar-refractivity contribution is 0.111. The molecular weight excluding hydrogens is 370 g/mol. The zero-order chi connectivity index (χ0) is 20.6. The number of nitrogens with zero attached hydrogens (tertiary/aromatic N) is 4. The molecule has 0 unspecified atom stereocenters. The van der Waals surface area contributed by atoms with Crippen molar-refractivity contribution in [3.8, 4) is 11.3 Å². The average molecular weight is 395 g/mol. The highest BCUT2D eigenvalue weighted by molar-refractivity contribution is 5.91. The van der Waals surface area contributed by atoms with Crippen molar-refractivity contribution in [2.45, 2.75) is 19.6 Å². The lowest BCUT2D eigenvalue weighted by Crippen LogP contribution is -2.36. The summed E-state index contributed by atoms with van der Waals surface area (Å²) in [7, 11) is 1.64. The van der Waals surface area contributed by atoms with Crippen LogP contribution in [0.2, 0.25) is 0 Å². The molecule has 3 heterocycles. The summed E-state index contributed by atoms with van der Waals surface area (Å²) in [4.78, 5) is 24.0. The molecule has 1 aliphatic rings. The van der Waals surface area contributed by atoms with Crippen molar-refractivity contribution < 1.29 is 9.84 Å². The third kappa shape index (κ3) is 4.08. The van der Waals surface area contributed by atoms with Gasteiger partial charge in [-0.25, -0.2) is 9.97 Å². The summed E-state index contributed by atoms with van der Waals surface area (Å²) in [5.41, 5.74) is 1.80. The zero-order valence-corrected chi connectivity index (χ0v) is 16.8. The Balaban J connectivity index is 1.77. The van der Waals surface area contributed by atoms with E-state index >= 15 is 0 Å². The second-order valence-electron chi connectivity index (χ2n) is 7.74. The molecule has 0 spiro atoms. The maximum atomic E-state index is 12.6. The van der Waals surface area contributed by atoms with Gasteiger partial charge in [0.05, 0.1) is 30.8 Å².